The van der Waals surface area contributed by atoms with E-state index in [-0.39, 0.29) is 12.2 Å². The number of rotatable bonds is 8. The van der Waals surface area contributed by atoms with Crippen LogP contribution in [0.25, 0.3) is 5.20 Å². The molecule has 5 heteroatoms. The van der Waals surface area contributed by atoms with E-state index in [0.29, 0.717) is 0 Å². The maximum atomic E-state index is 6.11. The van der Waals surface area contributed by atoms with Crippen LogP contribution in [-0.4, -0.2) is 36.9 Å². The summed E-state index contributed by atoms with van der Waals surface area (Å²) in [4.78, 5) is 0. The molecule has 0 radical (unpaired) electrons. The molecule has 124 valence electrons. The highest BCUT2D eigenvalue weighted by Gasteiger charge is 2.44. The fourth-order valence-electron chi connectivity index (χ4n) is 2.22. The van der Waals surface area contributed by atoms with Gasteiger partial charge in [-0.2, -0.15) is 0 Å². The molecule has 0 atom stereocenters. The first-order chi connectivity index (χ1) is 10.2. The van der Waals surface area contributed by atoms with Gasteiger partial charge in [-0.15, -0.1) is 0 Å². The Morgan fingerprint density at radius 2 is 1.45 bits per heavy atom. The molecule has 22 heavy (non-hydrogen) atoms. The minimum atomic E-state index is -2.87. The molecular weight excluding hydrogens is 308 g/mol. The third-order valence-corrected chi connectivity index (χ3v) is 8.23. The predicted octanol–water partition coefficient (Wildman–Crippen LogP) is 3.37. The van der Waals surface area contributed by atoms with E-state index in [4.69, 9.17) is 13.3 Å². The molecule has 0 aliphatic rings. The van der Waals surface area contributed by atoms with Crippen molar-refractivity contribution >= 4 is 28.0 Å². The monoisotopic (exact) mass is 338 g/mol. The molecule has 0 spiro atoms. The molecule has 0 fully saturated rings. The molecule has 0 saturated heterocycles. The van der Waals surface area contributed by atoms with Crippen LogP contribution in [0.3, 0.4) is 0 Å². The van der Waals surface area contributed by atoms with E-state index in [0.717, 1.165) is 5.19 Å². The second-order valence-electron chi connectivity index (χ2n) is 6.35. The standard InChI is InChI=1S/C17H30O3Si2/c1-13(2)19-22(18-6,20-14(3)4)17-11-9-16(10-12-17)15(5)21(7)8/h9-14,21H,5H2,1-4,6-8H3. The Hall–Kier alpha value is -0.726. The number of benzene rings is 1. The fourth-order valence-corrected chi connectivity index (χ4v) is 5.65. The minimum Gasteiger partial charge on any atom is -0.373 e. The first-order valence-corrected chi connectivity index (χ1v) is 12.5. The van der Waals surface area contributed by atoms with Crippen LogP contribution in [0.15, 0.2) is 30.8 Å². The van der Waals surface area contributed by atoms with Crippen LogP contribution in [0.2, 0.25) is 13.1 Å². The highest BCUT2D eigenvalue weighted by atomic mass is 28.4. The van der Waals surface area contributed by atoms with Gasteiger partial charge in [0.1, 0.15) is 0 Å². The molecule has 1 aromatic carbocycles. The van der Waals surface area contributed by atoms with Crippen LogP contribution < -0.4 is 5.19 Å². The lowest BCUT2D eigenvalue weighted by Gasteiger charge is -2.32. The van der Waals surface area contributed by atoms with Crippen molar-refractivity contribution < 1.29 is 13.3 Å². The molecule has 0 amide bonds. The molecular formula is C17H30O3Si2. The van der Waals surface area contributed by atoms with Gasteiger partial charge in [0.2, 0.25) is 0 Å². The third kappa shape index (κ3) is 4.89. The van der Waals surface area contributed by atoms with E-state index in [1.165, 1.54) is 10.8 Å². The summed E-state index contributed by atoms with van der Waals surface area (Å²) in [6.07, 6.45) is 0.0890. The van der Waals surface area contributed by atoms with Gasteiger partial charge in [0.15, 0.2) is 0 Å². The van der Waals surface area contributed by atoms with E-state index in [1.807, 2.05) is 27.7 Å². The van der Waals surface area contributed by atoms with Gasteiger partial charge >= 0.3 is 8.80 Å². The predicted molar refractivity (Wildman–Crippen MR) is 99.2 cm³/mol. The Kier molecular flexibility index (Phi) is 7.22. The average molecular weight is 339 g/mol. The van der Waals surface area contributed by atoms with Crippen molar-refractivity contribution in [3.63, 3.8) is 0 Å². The molecule has 0 aliphatic heterocycles. The summed E-state index contributed by atoms with van der Waals surface area (Å²) in [5, 5.41) is 2.27. The summed E-state index contributed by atoms with van der Waals surface area (Å²) in [6.45, 7) is 16.8. The topological polar surface area (TPSA) is 27.7 Å². The van der Waals surface area contributed by atoms with Crippen molar-refractivity contribution in [1.29, 1.82) is 0 Å². The summed E-state index contributed by atoms with van der Waals surface area (Å²) in [6, 6.07) is 8.35. The van der Waals surface area contributed by atoms with E-state index in [1.54, 1.807) is 7.11 Å². The molecule has 0 aromatic heterocycles. The number of hydrogen-bond donors (Lipinski definition) is 0. The highest BCUT2D eigenvalue weighted by Crippen LogP contribution is 2.18. The Morgan fingerprint density at radius 1 is 1.00 bits per heavy atom. The van der Waals surface area contributed by atoms with E-state index >= 15 is 0 Å². The summed E-state index contributed by atoms with van der Waals surface area (Å²) < 4.78 is 18.0. The van der Waals surface area contributed by atoms with Crippen LogP contribution in [0.1, 0.15) is 33.3 Å². The lowest BCUT2D eigenvalue weighted by molar-refractivity contribution is 0.0456. The lowest BCUT2D eigenvalue weighted by Crippen LogP contribution is -2.58. The third-order valence-electron chi connectivity index (χ3n) is 3.36. The lowest BCUT2D eigenvalue weighted by atomic mass is 10.2. The first kappa shape index (κ1) is 19.3. The van der Waals surface area contributed by atoms with Crippen molar-refractivity contribution in [3.8, 4) is 0 Å². The van der Waals surface area contributed by atoms with Gasteiger partial charge in [-0.05, 0) is 33.3 Å². The van der Waals surface area contributed by atoms with E-state index in [9.17, 15) is 0 Å². The molecule has 0 N–H and O–H groups in total. The zero-order valence-electron chi connectivity index (χ0n) is 15.0. The fraction of sp³-hybridized carbons (Fsp3) is 0.529. The maximum Gasteiger partial charge on any atom is 0.537 e. The second-order valence-corrected chi connectivity index (χ2v) is 11.9. The normalized spacial score (nSPS) is 12.5. The van der Waals surface area contributed by atoms with Gasteiger partial charge < -0.3 is 13.3 Å². The molecule has 0 unspecified atom stereocenters. The zero-order valence-corrected chi connectivity index (χ0v) is 17.1. The Morgan fingerprint density at radius 3 is 1.77 bits per heavy atom. The van der Waals surface area contributed by atoms with Crippen LogP contribution in [0.4, 0.5) is 0 Å². The van der Waals surface area contributed by atoms with Gasteiger partial charge in [0.25, 0.3) is 0 Å². The van der Waals surface area contributed by atoms with Gasteiger partial charge in [0, 0.05) is 24.5 Å². The van der Waals surface area contributed by atoms with Gasteiger partial charge in [-0.1, -0.05) is 49.1 Å². The van der Waals surface area contributed by atoms with E-state index in [2.05, 4.69) is 43.9 Å². The molecule has 0 bridgehead atoms. The van der Waals surface area contributed by atoms with Crippen molar-refractivity contribution in [3.05, 3.63) is 36.4 Å². The summed E-state index contributed by atoms with van der Waals surface area (Å²) >= 11 is 0. The Labute approximate surface area is 138 Å². The smallest absolute Gasteiger partial charge is 0.373 e. The van der Waals surface area contributed by atoms with Gasteiger partial charge in [-0.25, -0.2) is 0 Å². The molecule has 3 nitrogen and oxygen atoms in total. The summed E-state index contributed by atoms with van der Waals surface area (Å²) in [7, 11) is -2.08. The highest BCUT2D eigenvalue weighted by molar-refractivity contribution is 6.77. The van der Waals surface area contributed by atoms with E-state index < -0.39 is 17.6 Å². The summed E-state index contributed by atoms with van der Waals surface area (Å²) in [5.74, 6) is 0. The number of hydrogen-bond acceptors (Lipinski definition) is 3. The van der Waals surface area contributed by atoms with Crippen LogP contribution >= 0.6 is 0 Å². The minimum absolute atomic E-state index is 0.0445. The van der Waals surface area contributed by atoms with Gasteiger partial charge in [-0.3, -0.25) is 0 Å². The Balaban J connectivity index is 3.16. The van der Waals surface area contributed by atoms with Crippen LogP contribution in [0, 0.1) is 0 Å². The second kappa shape index (κ2) is 8.22. The van der Waals surface area contributed by atoms with Crippen molar-refractivity contribution in [2.75, 3.05) is 7.11 Å². The molecule has 1 aromatic rings. The average Bonchev–Trinajstić information content (AvgIpc) is 2.44. The first-order valence-electron chi connectivity index (χ1n) is 7.92. The van der Waals surface area contributed by atoms with Crippen LogP contribution in [0.5, 0.6) is 0 Å². The SMILES string of the molecule is C=C(c1ccc([Si](OC)(OC(C)C)OC(C)C)cc1)[SiH](C)C. The molecule has 0 saturated carbocycles. The van der Waals surface area contributed by atoms with Crippen molar-refractivity contribution in [2.24, 2.45) is 0 Å². The summed E-state index contributed by atoms with van der Waals surface area (Å²) in [5.41, 5.74) is 1.21. The van der Waals surface area contributed by atoms with Gasteiger partial charge in [0.05, 0.1) is 8.80 Å². The van der Waals surface area contributed by atoms with Crippen molar-refractivity contribution in [2.45, 2.75) is 53.0 Å². The Bertz CT molecular complexity index is 471. The molecule has 1 rings (SSSR count). The van der Waals surface area contributed by atoms with Crippen LogP contribution in [-0.2, 0) is 13.3 Å². The molecule has 0 heterocycles. The van der Waals surface area contributed by atoms with Crippen molar-refractivity contribution in [1.82, 2.24) is 0 Å². The maximum absolute atomic E-state index is 6.11. The zero-order chi connectivity index (χ0) is 16.9. The molecule has 0 aliphatic carbocycles. The quantitative estimate of drug-likeness (QED) is 0.680. The largest absolute Gasteiger partial charge is 0.537 e.